The zero-order valence-corrected chi connectivity index (χ0v) is 11.9. The van der Waals surface area contributed by atoms with Gasteiger partial charge in [0.05, 0.1) is 6.10 Å². The van der Waals surface area contributed by atoms with E-state index in [0.717, 1.165) is 15.3 Å². The van der Waals surface area contributed by atoms with E-state index < -0.39 is 6.10 Å². The molecule has 0 radical (unpaired) electrons. The number of aliphatic hydroxyl groups is 1. The molecule has 16 heavy (non-hydrogen) atoms. The van der Waals surface area contributed by atoms with Crippen LogP contribution >= 0.6 is 27.7 Å². The molecule has 0 bridgehead atoms. The third-order valence-corrected chi connectivity index (χ3v) is 5.04. The standard InChI is InChI=1S/C13H17BrOS/c1-9(15)12-7-6-11(8-13(12)14)16-10-4-2-3-5-10/h6-10,15H,2-5H2,1H3. The Hall–Kier alpha value is 0.01000. The van der Waals surface area contributed by atoms with E-state index in [9.17, 15) is 5.11 Å². The minimum absolute atomic E-state index is 0.403. The quantitative estimate of drug-likeness (QED) is 0.884. The second kappa shape index (κ2) is 5.56. The average molecular weight is 301 g/mol. The van der Waals surface area contributed by atoms with Gasteiger partial charge in [0.25, 0.3) is 0 Å². The van der Waals surface area contributed by atoms with E-state index in [0.29, 0.717) is 0 Å². The highest BCUT2D eigenvalue weighted by molar-refractivity contribution is 9.10. The van der Waals surface area contributed by atoms with Crippen LogP contribution in [0.1, 0.15) is 44.3 Å². The number of thioether (sulfide) groups is 1. The minimum Gasteiger partial charge on any atom is -0.389 e. The molecule has 1 unspecified atom stereocenters. The minimum atomic E-state index is -0.403. The summed E-state index contributed by atoms with van der Waals surface area (Å²) in [5.74, 6) is 0. The summed E-state index contributed by atoms with van der Waals surface area (Å²) in [7, 11) is 0. The molecule has 0 amide bonds. The van der Waals surface area contributed by atoms with Crippen LogP contribution < -0.4 is 0 Å². The monoisotopic (exact) mass is 300 g/mol. The van der Waals surface area contributed by atoms with Crippen LogP contribution in [0.4, 0.5) is 0 Å². The summed E-state index contributed by atoms with van der Waals surface area (Å²) in [6, 6.07) is 6.27. The van der Waals surface area contributed by atoms with Gasteiger partial charge in [-0.2, -0.15) is 0 Å². The number of hydrogen-bond acceptors (Lipinski definition) is 2. The molecule has 1 atom stereocenters. The van der Waals surface area contributed by atoms with Crippen molar-refractivity contribution >= 4 is 27.7 Å². The first kappa shape index (κ1) is 12.5. The lowest BCUT2D eigenvalue weighted by molar-refractivity contribution is 0.198. The van der Waals surface area contributed by atoms with Crippen LogP contribution in [0.2, 0.25) is 0 Å². The third-order valence-electron chi connectivity index (χ3n) is 3.03. The van der Waals surface area contributed by atoms with Crippen molar-refractivity contribution in [1.82, 2.24) is 0 Å². The molecular formula is C13H17BrOS. The van der Waals surface area contributed by atoms with Crippen molar-refractivity contribution in [3.05, 3.63) is 28.2 Å². The van der Waals surface area contributed by atoms with Crippen LogP contribution in [0.5, 0.6) is 0 Å². The van der Waals surface area contributed by atoms with Gasteiger partial charge in [-0.05, 0) is 37.5 Å². The molecule has 1 saturated carbocycles. The highest BCUT2D eigenvalue weighted by atomic mass is 79.9. The molecule has 1 N–H and O–H groups in total. The van der Waals surface area contributed by atoms with Gasteiger partial charge < -0.3 is 5.11 Å². The lowest BCUT2D eigenvalue weighted by atomic mass is 10.1. The first-order valence-corrected chi connectivity index (χ1v) is 7.48. The van der Waals surface area contributed by atoms with Crippen molar-refractivity contribution < 1.29 is 5.11 Å². The maximum atomic E-state index is 9.54. The predicted octanol–water partition coefficient (Wildman–Crippen LogP) is 4.54. The Balaban J connectivity index is 2.08. The highest BCUT2D eigenvalue weighted by Crippen LogP contribution is 2.36. The van der Waals surface area contributed by atoms with Gasteiger partial charge in [-0.25, -0.2) is 0 Å². The van der Waals surface area contributed by atoms with Crippen LogP contribution in [0.25, 0.3) is 0 Å². The molecule has 0 aliphatic heterocycles. The lowest BCUT2D eigenvalue weighted by Gasteiger charge is -2.12. The Kier molecular flexibility index (Phi) is 4.34. The van der Waals surface area contributed by atoms with Gasteiger partial charge in [-0.15, -0.1) is 11.8 Å². The van der Waals surface area contributed by atoms with Crippen LogP contribution in [0.3, 0.4) is 0 Å². The van der Waals surface area contributed by atoms with Gasteiger partial charge in [-0.1, -0.05) is 34.8 Å². The largest absolute Gasteiger partial charge is 0.389 e. The van der Waals surface area contributed by atoms with Crippen LogP contribution in [-0.2, 0) is 0 Å². The maximum absolute atomic E-state index is 9.54. The van der Waals surface area contributed by atoms with Crippen molar-refractivity contribution in [2.75, 3.05) is 0 Å². The van der Waals surface area contributed by atoms with Gasteiger partial charge in [0.15, 0.2) is 0 Å². The van der Waals surface area contributed by atoms with Crippen LogP contribution in [-0.4, -0.2) is 10.4 Å². The van der Waals surface area contributed by atoms with E-state index in [1.54, 1.807) is 6.92 Å². The van der Waals surface area contributed by atoms with E-state index in [2.05, 4.69) is 28.1 Å². The Morgan fingerprint density at radius 2 is 2.06 bits per heavy atom. The number of halogens is 1. The highest BCUT2D eigenvalue weighted by Gasteiger charge is 2.16. The fraction of sp³-hybridized carbons (Fsp3) is 0.538. The predicted molar refractivity (Wildman–Crippen MR) is 72.9 cm³/mol. The molecule has 0 aromatic heterocycles. The molecule has 1 aliphatic carbocycles. The van der Waals surface area contributed by atoms with Crippen molar-refractivity contribution in [2.24, 2.45) is 0 Å². The summed E-state index contributed by atoms with van der Waals surface area (Å²) in [4.78, 5) is 1.31. The topological polar surface area (TPSA) is 20.2 Å². The summed E-state index contributed by atoms with van der Waals surface area (Å²) in [5.41, 5.74) is 0.968. The SMILES string of the molecule is CC(O)c1ccc(SC2CCCC2)cc1Br. The molecule has 1 aliphatic rings. The van der Waals surface area contributed by atoms with Gasteiger partial charge in [0, 0.05) is 14.6 Å². The van der Waals surface area contributed by atoms with E-state index in [1.807, 2.05) is 17.8 Å². The molecule has 88 valence electrons. The lowest BCUT2D eigenvalue weighted by Crippen LogP contribution is -1.95. The summed E-state index contributed by atoms with van der Waals surface area (Å²) < 4.78 is 1.02. The molecule has 3 heteroatoms. The summed E-state index contributed by atoms with van der Waals surface area (Å²) in [5, 5.41) is 10.3. The molecule has 0 spiro atoms. The Labute approximate surface area is 110 Å². The van der Waals surface area contributed by atoms with Crippen LogP contribution in [0, 0.1) is 0 Å². The molecule has 0 saturated heterocycles. The third kappa shape index (κ3) is 3.02. The van der Waals surface area contributed by atoms with Crippen molar-refractivity contribution in [1.29, 1.82) is 0 Å². The zero-order valence-electron chi connectivity index (χ0n) is 9.45. The first-order valence-electron chi connectivity index (χ1n) is 5.81. The summed E-state index contributed by atoms with van der Waals surface area (Å²) in [6.07, 6.45) is 5.05. The normalized spacial score (nSPS) is 18.9. The van der Waals surface area contributed by atoms with Gasteiger partial charge in [0.2, 0.25) is 0 Å². The fourth-order valence-corrected chi connectivity index (χ4v) is 4.27. The van der Waals surface area contributed by atoms with E-state index in [-0.39, 0.29) is 0 Å². The maximum Gasteiger partial charge on any atom is 0.0772 e. The number of benzene rings is 1. The zero-order chi connectivity index (χ0) is 11.5. The van der Waals surface area contributed by atoms with Gasteiger partial charge in [-0.3, -0.25) is 0 Å². The molecule has 1 fully saturated rings. The number of rotatable bonds is 3. The molecule has 1 nitrogen and oxygen atoms in total. The molecule has 1 aromatic rings. The van der Waals surface area contributed by atoms with Crippen LogP contribution in [0.15, 0.2) is 27.6 Å². The van der Waals surface area contributed by atoms with Crippen molar-refractivity contribution in [3.63, 3.8) is 0 Å². The number of aliphatic hydroxyl groups excluding tert-OH is 1. The summed E-state index contributed by atoms with van der Waals surface area (Å²) >= 11 is 5.50. The van der Waals surface area contributed by atoms with Gasteiger partial charge in [0.1, 0.15) is 0 Å². The van der Waals surface area contributed by atoms with E-state index in [4.69, 9.17) is 0 Å². The van der Waals surface area contributed by atoms with E-state index >= 15 is 0 Å². The molecule has 0 heterocycles. The Morgan fingerprint density at radius 1 is 1.38 bits per heavy atom. The molecule has 1 aromatic carbocycles. The average Bonchev–Trinajstić information content (AvgIpc) is 2.70. The van der Waals surface area contributed by atoms with Crippen molar-refractivity contribution in [2.45, 2.75) is 48.9 Å². The van der Waals surface area contributed by atoms with Gasteiger partial charge >= 0.3 is 0 Å². The Morgan fingerprint density at radius 3 is 2.62 bits per heavy atom. The second-order valence-electron chi connectivity index (χ2n) is 4.38. The second-order valence-corrected chi connectivity index (χ2v) is 6.61. The van der Waals surface area contributed by atoms with Crippen molar-refractivity contribution in [3.8, 4) is 0 Å². The number of hydrogen-bond donors (Lipinski definition) is 1. The summed E-state index contributed by atoms with van der Waals surface area (Å²) in [6.45, 7) is 1.80. The smallest absolute Gasteiger partial charge is 0.0772 e. The molecular weight excluding hydrogens is 284 g/mol. The van der Waals surface area contributed by atoms with E-state index in [1.165, 1.54) is 30.6 Å². The molecule has 2 rings (SSSR count). The fourth-order valence-electron chi connectivity index (χ4n) is 2.12. The Bertz CT molecular complexity index is 359. The first-order chi connectivity index (χ1) is 7.66.